The van der Waals surface area contributed by atoms with Gasteiger partial charge in [-0.15, -0.1) is 0 Å². The molecule has 0 bridgehead atoms. The van der Waals surface area contributed by atoms with Crippen LogP contribution in [0.2, 0.25) is 0 Å². The highest BCUT2D eigenvalue weighted by Crippen LogP contribution is 2.28. The Labute approximate surface area is 124 Å². The number of benzene rings is 1. The van der Waals surface area contributed by atoms with Gasteiger partial charge in [-0.2, -0.15) is 0 Å². The summed E-state index contributed by atoms with van der Waals surface area (Å²) in [6, 6.07) is 6.26. The number of nitrogens with one attached hydrogen (secondary N) is 2. The SMILES string of the molecule is O=C(Nc1cccc(F)c1)N1CCCC1C1CCCNC1. The van der Waals surface area contributed by atoms with E-state index >= 15 is 0 Å². The number of anilines is 1. The van der Waals surface area contributed by atoms with E-state index in [1.165, 1.54) is 25.0 Å². The fourth-order valence-electron chi connectivity index (χ4n) is 3.50. The first kappa shape index (κ1) is 14.3. The van der Waals surface area contributed by atoms with Crippen molar-refractivity contribution in [2.45, 2.75) is 31.7 Å². The monoisotopic (exact) mass is 291 g/mol. The number of likely N-dealkylation sites (tertiary alicyclic amines) is 1. The summed E-state index contributed by atoms with van der Waals surface area (Å²) in [7, 11) is 0. The van der Waals surface area contributed by atoms with Crippen LogP contribution in [-0.2, 0) is 0 Å². The topological polar surface area (TPSA) is 44.4 Å². The minimum absolute atomic E-state index is 0.103. The number of amides is 2. The predicted molar refractivity (Wildman–Crippen MR) is 80.7 cm³/mol. The fraction of sp³-hybridized carbons (Fsp3) is 0.562. The van der Waals surface area contributed by atoms with Crippen molar-refractivity contribution in [2.24, 2.45) is 5.92 Å². The lowest BCUT2D eigenvalue weighted by molar-refractivity contribution is 0.172. The van der Waals surface area contributed by atoms with Crippen molar-refractivity contribution in [1.82, 2.24) is 10.2 Å². The molecule has 3 rings (SSSR count). The van der Waals surface area contributed by atoms with Gasteiger partial charge in [-0.05, 0) is 62.9 Å². The summed E-state index contributed by atoms with van der Waals surface area (Å²) < 4.78 is 13.2. The first-order chi connectivity index (χ1) is 10.2. The Morgan fingerprint density at radius 2 is 2.24 bits per heavy atom. The van der Waals surface area contributed by atoms with Gasteiger partial charge in [0.25, 0.3) is 0 Å². The number of carbonyl (C=O) groups excluding carboxylic acids is 1. The molecule has 0 aromatic heterocycles. The Balaban J connectivity index is 1.65. The molecule has 1 aromatic carbocycles. The molecule has 2 heterocycles. The lowest BCUT2D eigenvalue weighted by Crippen LogP contribution is -2.47. The molecule has 0 spiro atoms. The molecule has 0 aliphatic carbocycles. The second kappa shape index (κ2) is 6.43. The maximum absolute atomic E-state index is 13.2. The van der Waals surface area contributed by atoms with Crippen molar-refractivity contribution >= 4 is 11.7 Å². The molecule has 2 N–H and O–H groups in total. The van der Waals surface area contributed by atoms with E-state index in [1.54, 1.807) is 12.1 Å². The lowest BCUT2D eigenvalue weighted by Gasteiger charge is -2.34. The van der Waals surface area contributed by atoms with E-state index < -0.39 is 0 Å². The molecule has 2 unspecified atom stereocenters. The van der Waals surface area contributed by atoms with Crippen molar-refractivity contribution in [3.63, 3.8) is 0 Å². The highest BCUT2D eigenvalue weighted by Gasteiger charge is 2.35. The highest BCUT2D eigenvalue weighted by molar-refractivity contribution is 5.89. The van der Waals surface area contributed by atoms with E-state index in [0.717, 1.165) is 32.5 Å². The van der Waals surface area contributed by atoms with E-state index in [4.69, 9.17) is 0 Å². The second-order valence-corrected chi connectivity index (χ2v) is 5.95. The van der Waals surface area contributed by atoms with Crippen LogP contribution in [0.25, 0.3) is 0 Å². The molecule has 2 aliphatic heterocycles. The Morgan fingerprint density at radius 3 is 3.00 bits per heavy atom. The molecule has 2 aliphatic rings. The van der Waals surface area contributed by atoms with Gasteiger partial charge in [-0.3, -0.25) is 0 Å². The van der Waals surface area contributed by atoms with Crippen LogP contribution in [0.15, 0.2) is 24.3 Å². The normalized spacial score (nSPS) is 25.9. The van der Waals surface area contributed by atoms with Crippen LogP contribution in [-0.4, -0.2) is 36.6 Å². The fourth-order valence-corrected chi connectivity index (χ4v) is 3.50. The zero-order valence-corrected chi connectivity index (χ0v) is 12.1. The molecule has 5 heteroatoms. The average molecular weight is 291 g/mol. The van der Waals surface area contributed by atoms with E-state index in [1.807, 2.05) is 4.90 Å². The van der Waals surface area contributed by atoms with Crippen molar-refractivity contribution in [3.05, 3.63) is 30.1 Å². The number of piperidine rings is 1. The number of urea groups is 1. The van der Waals surface area contributed by atoms with Gasteiger partial charge >= 0.3 is 6.03 Å². The van der Waals surface area contributed by atoms with Crippen LogP contribution in [0, 0.1) is 11.7 Å². The molecule has 0 saturated carbocycles. The Hall–Kier alpha value is -1.62. The van der Waals surface area contributed by atoms with E-state index in [-0.39, 0.29) is 11.8 Å². The van der Waals surface area contributed by atoms with Crippen LogP contribution in [0.4, 0.5) is 14.9 Å². The molecule has 0 radical (unpaired) electrons. The molecular weight excluding hydrogens is 269 g/mol. The van der Waals surface area contributed by atoms with Gasteiger partial charge in [0.2, 0.25) is 0 Å². The smallest absolute Gasteiger partial charge is 0.321 e. The third-order valence-electron chi connectivity index (χ3n) is 4.52. The third kappa shape index (κ3) is 3.35. The van der Waals surface area contributed by atoms with Gasteiger partial charge in [0.05, 0.1) is 0 Å². The van der Waals surface area contributed by atoms with Gasteiger partial charge in [0.1, 0.15) is 5.82 Å². The van der Waals surface area contributed by atoms with Gasteiger partial charge in [-0.1, -0.05) is 6.07 Å². The quantitative estimate of drug-likeness (QED) is 0.880. The van der Waals surface area contributed by atoms with Crippen molar-refractivity contribution < 1.29 is 9.18 Å². The summed E-state index contributed by atoms with van der Waals surface area (Å²) in [6.07, 6.45) is 4.49. The van der Waals surface area contributed by atoms with Gasteiger partial charge in [0, 0.05) is 18.3 Å². The Bertz CT molecular complexity index is 502. The summed E-state index contributed by atoms with van der Waals surface area (Å²) >= 11 is 0. The van der Waals surface area contributed by atoms with Crippen molar-refractivity contribution in [1.29, 1.82) is 0 Å². The largest absolute Gasteiger partial charge is 0.322 e. The van der Waals surface area contributed by atoms with Gasteiger partial charge < -0.3 is 15.5 Å². The number of halogens is 1. The number of hydrogen-bond acceptors (Lipinski definition) is 2. The van der Waals surface area contributed by atoms with Crippen LogP contribution >= 0.6 is 0 Å². The zero-order valence-electron chi connectivity index (χ0n) is 12.1. The highest BCUT2D eigenvalue weighted by atomic mass is 19.1. The van der Waals surface area contributed by atoms with Crippen LogP contribution in [0.3, 0.4) is 0 Å². The average Bonchev–Trinajstić information content (AvgIpc) is 2.98. The van der Waals surface area contributed by atoms with Gasteiger partial charge in [-0.25, -0.2) is 9.18 Å². The van der Waals surface area contributed by atoms with E-state index in [9.17, 15) is 9.18 Å². The van der Waals surface area contributed by atoms with Crippen molar-refractivity contribution in [2.75, 3.05) is 25.0 Å². The molecule has 2 fully saturated rings. The lowest BCUT2D eigenvalue weighted by atomic mass is 9.90. The predicted octanol–water partition coefficient (Wildman–Crippen LogP) is 2.82. The summed E-state index contributed by atoms with van der Waals surface area (Å²) in [4.78, 5) is 14.4. The molecule has 1 aromatic rings. The van der Waals surface area contributed by atoms with Crippen LogP contribution in [0.1, 0.15) is 25.7 Å². The summed E-state index contributed by atoms with van der Waals surface area (Å²) in [6.45, 7) is 2.87. The first-order valence-corrected chi connectivity index (χ1v) is 7.78. The molecule has 2 amide bonds. The minimum Gasteiger partial charge on any atom is -0.321 e. The molecular formula is C16H22FN3O. The molecule has 114 valence electrons. The summed E-state index contributed by atoms with van der Waals surface area (Å²) in [5.74, 6) is 0.210. The zero-order chi connectivity index (χ0) is 14.7. The minimum atomic E-state index is -0.331. The third-order valence-corrected chi connectivity index (χ3v) is 4.52. The summed E-state index contributed by atoms with van der Waals surface area (Å²) in [5, 5.41) is 6.24. The molecule has 2 saturated heterocycles. The standard InChI is InChI=1S/C16H22FN3O/c17-13-5-1-6-14(10-13)19-16(21)20-9-3-7-15(20)12-4-2-8-18-11-12/h1,5-6,10,12,15,18H,2-4,7-9,11H2,(H,19,21). The number of carbonyl (C=O) groups is 1. The number of nitrogens with zero attached hydrogens (tertiary/aromatic N) is 1. The number of hydrogen-bond donors (Lipinski definition) is 2. The Kier molecular flexibility index (Phi) is 4.39. The van der Waals surface area contributed by atoms with E-state index in [0.29, 0.717) is 17.6 Å². The van der Waals surface area contributed by atoms with E-state index in [2.05, 4.69) is 10.6 Å². The Morgan fingerprint density at radius 1 is 1.33 bits per heavy atom. The molecule has 4 nitrogen and oxygen atoms in total. The first-order valence-electron chi connectivity index (χ1n) is 7.78. The molecule has 21 heavy (non-hydrogen) atoms. The number of rotatable bonds is 2. The van der Waals surface area contributed by atoms with Crippen LogP contribution < -0.4 is 10.6 Å². The van der Waals surface area contributed by atoms with Gasteiger partial charge in [0.15, 0.2) is 0 Å². The maximum Gasteiger partial charge on any atom is 0.322 e. The van der Waals surface area contributed by atoms with Crippen molar-refractivity contribution in [3.8, 4) is 0 Å². The molecule has 2 atom stereocenters. The van der Waals surface area contributed by atoms with Crippen LogP contribution in [0.5, 0.6) is 0 Å². The second-order valence-electron chi connectivity index (χ2n) is 5.95. The maximum atomic E-state index is 13.2. The summed E-state index contributed by atoms with van der Waals surface area (Å²) in [5.41, 5.74) is 0.521.